The van der Waals surface area contributed by atoms with Crippen LogP contribution in [0.15, 0.2) is 36.7 Å². The molecule has 1 saturated heterocycles. The molecule has 4 rings (SSSR count). The number of carbonyl (C=O) groups is 1. The molecule has 134 valence electrons. The Morgan fingerprint density at radius 2 is 1.96 bits per heavy atom. The fraction of sp³-hybridized carbons (Fsp3) is 0.333. The zero-order valence-electron chi connectivity index (χ0n) is 14.6. The summed E-state index contributed by atoms with van der Waals surface area (Å²) in [5.41, 5.74) is 1.99. The van der Waals surface area contributed by atoms with Gasteiger partial charge < -0.3 is 16.0 Å². The van der Waals surface area contributed by atoms with Crippen LogP contribution in [0.4, 0.5) is 11.5 Å². The predicted octanol–water partition coefficient (Wildman–Crippen LogP) is 1.59. The van der Waals surface area contributed by atoms with Crippen molar-refractivity contribution in [1.29, 1.82) is 0 Å². The van der Waals surface area contributed by atoms with E-state index in [1.807, 2.05) is 24.3 Å². The van der Waals surface area contributed by atoms with Crippen LogP contribution in [0, 0.1) is 0 Å². The molecule has 1 aliphatic rings. The van der Waals surface area contributed by atoms with Gasteiger partial charge in [0.2, 0.25) is 0 Å². The minimum absolute atomic E-state index is 0.140. The average molecular weight is 351 g/mol. The summed E-state index contributed by atoms with van der Waals surface area (Å²) in [6, 6.07) is 7.67. The van der Waals surface area contributed by atoms with Crippen LogP contribution >= 0.6 is 0 Å². The Kier molecular flexibility index (Phi) is 4.49. The van der Waals surface area contributed by atoms with Gasteiger partial charge in [0, 0.05) is 31.2 Å². The summed E-state index contributed by atoms with van der Waals surface area (Å²) in [7, 11) is 1.80. The van der Waals surface area contributed by atoms with Crippen molar-refractivity contribution in [3.63, 3.8) is 0 Å². The van der Waals surface area contributed by atoms with Crippen LogP contribution in [-0.4, -0.2) is 44.8 Å². The summed E-state index contributed by atoms with van der Waals surface area (Å²) < 4.78 is 1.64. The minimum Gasteiger partial charge on any atom is -0.348 e. The number of rotatable bonds is 4. The van der Waals surface area contributed by atoms with Crippen molar-refractivity contribution in [2.45, 2.75) is 18.9 Å². The number of hydrogen-bond acceptors (Lipinski definition) is 6. The van der Waals surface area contributed by atoms with E-state index in [2.05, 4.69) is 31.0 Å². The number of piperidine rings is 1. The van der Waals surface area contributed by atoms with E-state index in [4.69, 9.17) is 0 Å². The van der Waals surface area contributed by atoms with Crippen molar-refractivity contribution in [1.82, 2.24) is 30.4 Å². The summed E-state index contributed by atoms with van der Waals surface area (Å²) in [4.78, 5) is 21.3. The number of pyridine rings is 2. The molecule has 0 aliphatic carbocycles. The Morgan fingerprint density at radius 3 is 2.73 bits per heavy atom. The quantitative estimate of drug-likeness (QED) is 0.660. The minimum atomic E-state index is -0.140. The molecule has 8 heteroatoms. The van der Waals surface area contributed by atoms with Crippen LogP contribution in [0.2, 0.25) is 0 Å². The maximum Gasteiger partial charge on any atom is 0.272 e. The zero-order chi connectivity index (χ0) is 17.9. The van der Waals surface area contributed by atoms with E-state index in [1.165, 1.54) is 0 Å². The van der Waals surface area contributed by atoms with E-state index in [9.17, 15) is 4.79 Å². The van der Waals surface area contributed by atoms with Crippen LogP contribution in [0.1, 0.15) is 23.3 Å². The van der Waals surface area contributed by atoms with E-state index >= 15 is 0 Å². The Hall–Kier alpha value is -3.00. The SMILES string of the molecule is Cn1nc(C(=O)NC2CCNCC2)c2ccc(Nc3ccncc3)nc21. The Morgan fingerprint density at radius 1 is 1.19 bits per heavy atom. The van der Waals surface area contributed by atoms with Gasteiger partial charge in [-0.25, -0.2) is 9.67 Å². The lowest BCUT2D eigenvalue weighted by atomic mass is 10.1. The van der Waals surface area contributed by atoms with Crippen LogP contribution in [-0.2, 0) is 7.05 Å². The van der Waals surface area contributed by atoms with E-state index in [1.54, 1.807) is 24.1 Å². The van der Waals surface area contributed by atoms with Gasteiger partial charge in [0.05, 0.1) is 5.39 Å². The van der Waals surface area contributed by atoms with Crippen LogP contribution in [0.25, 0.3) is 11.0 Å². The van der Waals surface area contributed by atoms with Crippen molar-refractivity contribution in [2.24, 2.45) is 7.05 Å². The first-order valence-electron chi connectivity index (χ1n) is 8.73. The van der Waals surface area contributed by atoms with Crippen molar-refractivity contribution in [2.75, 3.05) is 18.4 Å². The van der Waals surface area contributed by atoms with Gasteiger partial charge in [-0.2, -0.15) is 5.10 Å². The molecule has 0 atom stereocenters. The highest BCUT2D eigenvalue weighted by Gasteiger charge is 2.21. The molecule has 3 aromatic rings. The first kappa shape index (κ1) is 16.5. The van der Waals surface area contributed by atoms with E-state index in [0.717, 1.165) is 37.0 Å². The second kappa shape index (κ2) is 7.09. The first-order chi connectivity index (χ1) is 12.7. The van der Waals surface area contributed by atoms with Crippen molar-refractivity contribution in [3.8, 4) is 0 Å². The second-order valence-corrected chi connectivity index (χ2v) is 6.40. The largest absolute Gasteiger partial charge is 0.348 e. The number of anilines is 2. The van der Waals surface area contributed by atoms with Gasteiger partial charge in [-0.15, -0.1) is 0 Å². The molecule has 0 spiro atoms. The van der Waals surface area contributed by atoms with E-state index in [0.29, 0.717) is 17.2 Å². The number of aromatic nitrogens is 4. The highest BCUT2D eigenvalue weighted by atomic mass is 16.2. The molecule has 0 unspecified atom stereocenters. The van der Waals surface area contributed by atoms with E-state index in [-0.39, 0.29) is 11.9 Å². The van der Waals surface area contributed by atoms with Crippen molar-refractivity contribution in [3.05, 3.63) is 42.4 Å². The molecule has 26 heavy (non-hydrogen) atoms. The second-order valence-electron chi connectivity index (χ2n) is 6.40. The molecule has 3 N–H and O–H groups in total. The predicted molar refractivity (Wildman–Crippen MR) is 99.4 cm³/mol. The average Bonchev–Trinajstić information content (AvgIpc) is 3.00. The molecule has 1 amide bonds. The lowest BCUT2D eigenvalue weighted by Gasteiger charge is -2.23. The molecule has 0 saturated carbocycles. The molecule has 0 aromatic carbocycles. The highest BCUT2D eigenvalue weighted by Crippen LogP contribution is 2.21. The monoisotopic (exact) mass is 351 g/mol. The third-order valence-corrected chi connectivity index (χ3v) is 4.53. The summed E-state index contributed by atoms with van der Waals surface area (Å²) in [6.45, 7) is 1.86. The number of nitrogens with zero attached hydrogens (tertiary/aromatic N) is 4. The molecule has 0 radical (unpaired) electrons. The number of fused-ring (bicyclic) bond motifs is 1. The molecule has 0 bridgehead atoms. The molecule has 1 fully saturated rings. The zero-order valence-corrected chi connectivity index (χ0v) is 14.6. The molecule has 3 aromatic heterocycles. The van der Waals surface area contributed by atoms with Gasteiger partial charge in [-0.3, -0.25) is 9.78 Å². The van der Waals surface area contributed by atoms with Crippen LogP contribution in [0.3, 0.4) is 0 Å². The molecule has 4 heterocycles. The molecular weight excluding hydrogens is 330 g/mol. The molecular formula is C18H21N7O. The number of nitrogens with one attached hydrogen (secondary N) is 3. The number of carbonyl (C=O) groups excluding carboxylic acids is 1. The Bertz CT molecular complexity index is 916. The van der Waals surface area contributed by atoms with Crippen molar-refractivity contribution < 1.29 is 4.79 Å². The highest BCUT2D eigenvalue weighted by molar-refractivity contribution is 6.04. The lowest BCUT2D eigenvalue weighted by molar-refractivity contribution is 0.0925. The maximum atomic E-state index is 12.7. The van der Waals surface area contributed by atoms with Crippen molar-refractivity contribution >= 4 is 28.4 Å². The summed E-state index contributed by atoms with van der Waals surface area (Å²) in [5, 5.41) is 14.8. The van der Waals surface area contributed by atoms with Gasteiger partial charge in [0.15, 0.2) is 11.3 Å². The maximum absolute atomic E-state index is 12.7. The summed E-state index contributed by atoms with van der Waals surface area (Å²) in [5.74, 6) is 0.552. The van der Waals surface area contributed by atoms with Gasteiger partial charge >= 0.3 is 0 Å². The normalized spacial score (nSPS) is 15.1. The lowest BCUT2D eigenvalue weighted by Crippen LogP contribution is -2.42. The fourth-order valence-electron chi connectivity index (χ4n) is 3.17. The van der Waals surface area contributed by atoms with Gasteiger partial charge in [0.25, 0.3) is 5.91 Å². The number of aryl methyl sites for hydroxylation is 1. The molecule has 8 nitrogen and oxygen atoms in total. The smallest absolute Gasteiger partial charge is 0.272 e. The molecule has 1 aliphatic heterocycles. The van der Waals surface area contributed by atoms with E-state index < -0.39 is 0 Å². The summed E-state index contributed by atoms with van der Waals surface area (Å²) >= 11 is 0. The number of amides is 1. The standard InChI is InChI=1S/C18H21N7O/c1-25-17-14(2-3-15(23-17)21-12-4-8-19-9-5-12)16(24-25)18(26)22-13-6-10-20-11-7-13/h2-5,8-9,13,20H,6-7,10-11H2,1H3,(H,22,26)(H,19,21,23). The fourth-order valence-corrected chi connectivity index (χ4v) is 3.17. The Labute approximate surface area is 151 Å². The topological polar surface area (TPSA) is 96.8 Å². The number of hydrogen-bond donors (Lipinski definition) is 3. The van der Waals surface area contributed by atoms with Gasteiger partial charge in [-0.1, -0.05) is 0 Å². The summed E-state index contributed by atoms with van der Waals surface area (Å²) in [6.07, 6.45) is 5.31. The van der Waals surface area contributed by atoms with Gasteiger partial charge in [-0.05, 0) is 50.2 Å². The Balaban J connectivity index is 1.58. The van der Waals surface area contributed by atoms with Gasteiger partial charge in [0.1, 0.15) is 5.82 Å². The first-order valence-corrected chi connectivity index (χ1v) is 8.73. The third kappa shape index (κ3) is 3.36. The van der Waals surface area contributed by atoms with Crippen LogP contribution < -0.4 is 16.0 Å². The van der Waals surface area contributed by atoms with Crippen LogP contribution in [0.5, 0.6) is 0 Å². The third-order valence-electron chi connectivity index (χ3n) is 4.53.